The molecule has 1 aromatic heterocycles. The molecule has 0 aliphatic carbocycles. The van der Waals surface area contributed by atoms with Gasteiger partial charge in [0.1, 0.15) is 4.90 Å². The third-order valence-electron chi connectivity index (χ3n) is 5.08. The van der Waals surface area contributed by atoms with Gasteiger partial charge in [0.05, 0.1) is 6.20 Å². The Hall–Kier alpha value is -2.71. The number of carbonyl (C=O) groups excluding carboxylic acids is 1. The van der Waals surface area contributed by atoms with Crippen molar-refractivity contribution in [3.8, 4) is 0 Å². The number of fused-ring (bicyclic) bond motifs is 1. The highest BCUT2D eigenvalue weighted by atomic mass is 32.2. The Kier molecular flexibility index (Phi) is 4.91. The van der Waals surface area contributed by atoms with Crippen LogP contribution in [0.2, 0.25) is 0 Å². The molecule has 0 spiro atoms. The second-order valence-corrected chi connectivity index (χ2v) is 8.86. The first-order valence-electron chi connectivity index (χ1n) is 9.23. The van der Waals surface area contributed by atoms with Crippen LogP contribution in [0.3, 0.4) is 0 Å². The molecule has 0 N–H and O–H groups in total. The standard InChI is InChI=1S/C20H22N4O3S/c1-22-15-17(14-21-22)28(26,27)24-11-5-10-23(12-13-24)20(25)19-9-4-7-16-6-2-3-8-18(16)19/h2-4,6-9,14-15H,5,10-13H2,1H3. The average Bonchev–Trinajstić information content (AvgIpc) is 2.99. The van der Waals surface area contributed by atoms with Crippen molar-refractivity contribution >= 4 is 26.7 Å². The van der Waals surface area contributed by atoms with Crippen LogP contribution in [-0.4, -0.2) is 59.5 Å². The number of hydrogen-bond acceptors (Lipinski definition) is 4. The van der Waals surface area contributed by atoms with Crippen LogP contribution in [0.1, 0.15) is 16.8 Å². The van der Waals surface area contributed by atoms with E-state index in [0.29, 0.717) is 31.6 Å². The largest absolute Gasteiger partial charge is 0.337 e. The molecule has 146 valence electrons. The smallest absolute Gasteiger partial charge is 0.254 e. The molecule has 8 heteroatoms. The molecule has 2 aromatic carbocycles. The van der Waals surface area contributed by atoms with Crippen molar-refractivity contribution in [1.29, 1.82) is 0 Å². The molecule has 28 heavy (non-hydrogen) atoms. The van der Waals surface area contributed by atoms with Gasteiger partial charge in [-0.25, -0.2) is 8.42 Å². The van der Waals surface area contributed by atoms with Crippen molar-refractivity contribution in [2.45, 2.75) is 11.3 Å². The van der Waals surface area contributed by atoms with Gasteiger partial charge in [0.15, 0.2) is 0 Å². The number of benzene rings is 2. The zero-order chi connectivity index (χ0) is 19.7. The Bertz CT molecular complexity index is 1120. The molecule has 7 nitrogen and oxygen atoms in total. The zero-order valence-electron chi connectivity index (χ0n) is 15.7. The summed E-state index contributed by atoms with van der Waals surface area (Å²) >= 11 is 0. The van der Waals surface area contributed by atoms with Crippen molar-refractivity contribution in [2.75, 3.05) is 26.2 Å². The van der Waals surface area contributed by atoms with E-state index in [2.05, 4.69) is 5.10 Å². The minimum Gasteiger partial charge on any atom is -0.337 e. The lowest BCUT2D eigenvalue weighted by molar-refractivity contribution is 0.0766. The third-order valence-corrected chi connectivity index (χ3v) is 6.93. The van der Waals surface area contributed by atoms with Gasteiger partial charge in [-0.1, -0.05) is 36.4 Å². The van der Waals surface area contributed by atoms with Gasteiger partial charge in [-0.2, -0.15) is 9.40 Å². The van der Waals surface area contributed by atoms with E-state index in [-0.39, 0.29) is 17.3 Å². The van der Waals surface area contributed by atoms with Crippen LogP contribution in [0.25, 0.3) is 10.8 Å². The molecule has 0 atom stereocenters. The summed E-state index contributed by atoms with van der Waals surface area (Å²) in [6, 6.07) is 13.5. The Morgan fingerprint density at radius 2 is 1.79 bits per heavy atom. The minimum absolute atomic E-state index is 0.0579. The number of aryl methyl sites for hydroxylation is 1. The van der Waals surface area contributed by atoms with Crippen LogP contribution in [0.15, 0.2) is 59.8 Å². The molecular weight excluding hydrogens is 376 g/mol. The highest BCUT2D eigenvalue weighted by Crippen LogP contribution is 2.22. The maximum Gasteiger partial charge on any atom is 0.254 e. The van der Waals surface area contributed by atoms with Crippen molar-refractivity contribution < 1.29 is 13.2 Å². The maximum atomic E-state index is 13.1. The van der Waals surface area contributed by atoms with E-state index < -0.39 is 10.0 Å². The lowest BCUT2D eigenvalue weighted by Gasteiger charge is -2.22. The molecule has 0 unspecified atom stereocenters. The Balaban J connectivity index is 1.55. The summed E-state index contributed by atoms with van der Waals surface area (Å²) in [5.74, 6) is -0.0579. The van der Waals surface area contributed by atoms with Gasteiger partial charge in [-0.05, 0) is 23.3 Å². The quantitative estimate of drug-likeness (QED) is 0.677. The molecule has 0 bridgehead atoms. The normalized spacial score (nSPS) is 16.2. The molecule has 3 aromatic rings. The summed E-state index contributed by atoms with van der Waals surface area (Å²) in [7, 11) is -1.91. The van der Waals surface area contributed by atoms with Crippen LogP contribution in [0, 0.1) is 0 Å². The number of aromatic nitrogens is 2. The van der Waals surface area contributed by atoms with Crippen molar-refractivity contribution in [2.24, 2.45) is 7.05 Å². The summed E-state index contributed by atoms with van der Waals surface area (Å²) < 4.78 is 28.6. The Labute approximate surface area is 164 Å². The van der Waals surface area contributed by atoms with Crippen LogP contribution < -0.4 is 0 Å². The number of carbonyl (C=O) groups is 1. The molecular formula is C20H22N4O3S. The summed E-state index contributed by atoms with van der Waals surface area (Å²) in [6.45, 7) is 1.55. The highest BCUT2D eigenvalue weighted by Gasteiger charge is 2.29. The lowest BCUT2D eigenvalue weighted by Crippen LogP contribution is -2.37. The van der Waals surface area contributed by atoms with Crippen molar-refractivity contribution in [3.63, 3.8) is 0 Å². The van der Waals surface area contributed by atoms with Crippen LogP contribution in [0.4, 0.5) is 0 Å². The predicted octanol–water partition coefficient (Wildman–Crippen LogP) is 2.11. The SMILES string of the molecule is Cn1cc(S(=O)(=O)N2CCCN(C(=O)c3cccc4ccccc34)CC2)cn1. The lowest BCUT2D eigenvalue weighted by atomic mass is 10.0. The fourth-order valence-electron chi connectivity index (χ4n) is 3.60. The molecule has 0 saturated carbocycles. The Morgan fingerprint density at radius 1 is 1.00 bits per heavy atom. The van der Waals surface area contributed by atoms with Crippen molar-refractivity contribution in [3.05, 3.63) is 60.4 Å². The van der Waals surface area contributed by atoms with Gasteiger partial charge in [0.2, 0.25) is 10.0 Å². The first kappa shape index (κ1) is 18.6. The van der Waals surface area contributed by atoms with E-state index in [9.17, 15) is 13.2 Å². The van der Waals surface area contributed by atoms with Gasteiger partial charge in [-0.3, -0.25) is 9.48 Å². The molecule has 4 rings (SSSR count). The van der Waals surface area contributed by atoms with Gasteiger partial charge in [-0.15, -0.1) is 0 Å². The van der Waals surface area contributed by atoms with E-state index in [4.69, 9.17) is 0 Å². The van der Waals surface area contributed by atoms with E-state index in [1.807, 2.05) is 42.5 Å². The molecule has 1 amide bonds. The molecule has 1 saturated heterocycles. The number of rotatable bonds is 3. The Morgan fingerprint density at radius 3 is 2.57 bits per heavy atom. The maximum absolute atomic E-state index is 13.1. The second kappa shape index (κ2) is 7.37. The number of nitrogens with zero attached hydrogens (tertiary/aromatic N) is 4. The summed E-state index contributed by atoms with van der Waals surface area (Å²) in [6.07, 6.45) is 3.45. The van der Waals surface area contributed by atoms with E-state index in [0.717, 1.165) is 10.8 Å². The first-order valence-corrected chi connectivity index (χ1v) is 10.7. The van der Waals surface area contributed by atoms with E-state index >= 15 is 0 Å². The number of hydrogen-bond donors (Lipinski definition) is 0. The second-order valence-electron chi connectivity index (χ2n) is 6.93. The highest BCUT2D eigenvalue weighted by molar-refractivity contribution is 7.89. The average molecular weight is 398 g/mol. The molecule has 2 heterocycles. The van der Waals surface area contributed by atoms with Crippen LogP contribution in [0.5, 0.6) is 0 Å². The first-order chi connectivity index (χ1) is 13.5. The minimum atomic E-state index is -3.60. The van der Waals surface area contributed by atoms with Gasteiger partial charge >= 0.3 is 0 Å². The summed E-state index contributed by atoms with van der Waals surface area (Å²) in [4.78, 5) is 15.1. The van der Waals surface area contributed by atoms with E-state index in [1.54, 1.807) is 11.9 Å². The fourth-order valence-corrected chi connectivity index (χ4v) is 5.06. The fraction of sp³-hybridized carbons (Fsp3) is 0.300. The van der Waals surface area contributed by atoms with Crippen LogP contribution >= 0.6 is 0 Å². The summed E-state index contributed by atoms with van der Waals surface area (Å²) in [5.41, 5.74) is 0.654. The van der Waals surface area contributed by atoms with Gasteiger partial charge in [0.25, 0.3) is 5.91 Å². The topological polar surface area (TPSA) is 75.5 Å². The van der Waals surface area contributed by atoms with Gasteiger partial charge < -0.3 is 4.90 Å². The molecule has 1 aliphatic heterocycles. The van der Waals surface area contributed by atoms with Crippen molar-refractivity contribution in [1.82, 2.24) is 19.0 Å². The molecule has 1 fully saturated rings. The predicted molar refractivity (Wildman–Crippen MR) is 106 cm³/mol. The van der Waals surface area contributed by atoms with E-state index in [1.165, 1.54) is 21.4 Å². The van der Waals surface area contributed by atoms with Gasteiger partial charge in [0, 0.05) is 45.0 Å². The zero-order valence-corrected chi connectivity index (χ0v) is 16.5. The summed E-state index contributed by atoms with van der Waals surface area (Å²) in [5, 5.41) is 5.89. The monoisotopic (exact) mass is 398 g/mol. The third kappa shape index (κ3) is 3.41. The molecule has 0 radical (unpaired) electrons. The number of amides is 1. The van der Waals surface area contributed by atoms with Crippen LogP contribution in [-0.2, 0) is 17.1 Å². The number of sulfonamides is 1. The molecule has 1 aliphatic rings.